The van der Waals surface area contributed by atoms with Crippen LogP contribution in [0.4, 0.5) is 0 Å². The lowest BCUT2D eigenvalue weighted by Gasteiger charge is -2.21. The maximum atomic E-state index is 3.99. The summed E-state index contributed by atoms with van der Waals surface area (Å²) in [5, 5.41) is 0. The molecule has 1 heteroatoms. The molecule has 1 heterocycles. The van der Waals surface area contributed by atoms with Gasteiger partial charge in [0.2, 0.25) is 0 Å². The molecule has 2 aromatic carbocycles. The standard InChI is InChI=1S/C20H29N.C9H12.C8H18.C7H14.2C2H6/c1-5-8-10-17-11-12-18(13-16(17)4)19-14-20(9-6-2)21(7-3)15-19;1-7-4-5-8(2)9(3)6-7;1-4-6-8(3)7-5-2;1-3-5-7-6-4-2;2*1-2/h5,7,11-13,19-20H,1,3,6,8-10,14-15H2,2,4H3;4-6H,1-3H3;8H,4-7H2,1-3H3;3H,1,4-7H2,2H3;2*1-2H3. The monoisotopic (exact) mass is 676 g/mol. The Labute approximate surface area is 309 Å². The highest BCUT2D eigenvalue weighted by Crippen LogP contribution is 2.34. The largest absolute Gasteiger partial charge is 0.374 e. The predicted molar refractivity (Wildman–Crippen MR) is 229 cm³/mol. The lowest BCUT2D eigenvalue weighted by Crippen LogP contribution is -2.23. The minimum Gasteiger partial charge on any atom is -0.374 e. The molecule has 0 radical (unpaired) electrons. The molecule has 0 amide bonds. The minimum absolute atomic E-state index is 0.659. The van der Waals surface area contributed by atoms with Gasteiger partial charge < -0.3 is 4.90 Å². The molecule has 0 aliphatic carbocycles. The van der Waals surface area contributed by atoms with Gasteiger partial charge in [0.05, 0.1) is 0 Å². The number of hydrogen-bond acceptors (Lipinski definition) is 1. The number of allylic oxidation sites excluding steroid dienone is 2. The van der Waals surface area contributed by atoms with Gasteiger partial charge in [-0.15, -0.1) is 13.2 Å². The molecule has 1 saturated heterocycles. The first-order chi connectivity index (χ1) is 23.6. The van der Waals surface area contributed by atoms with E-state index in [1.165, 1.54) is 104 Å². The summed E-state index contributed by atoms with van der Waals surface area (Å²) in [6.07, 6.45) is 22.7. The second kappa shape index (κ2) is 35.3. The van der Waals surface area contributed by atoms with Crippen LogP contribution in [0.1, 0.15) is 179 Å². The smallest absolute Gasteiger partial charge is 0.0290 e. The van der Waals surface area contributed by atoms with Crippen LogP contribution in [0.3, 0.4) is 0 Å². The Bertz CT molecular complexity index is 1040. The van der Waals surface area contributed by atoms with Crippen LogP contribution < -0.4 is 0 Å². The van der Waals surface area contributed by atoms with Crippen molar-refractivity contribution < 1.29 is 0 Å². The number of likely N-dealkylation sites (tertiary alicyclic amines) is 1. The van der Waals surface area contributed by atoms with Gasteiger partial charge in [0.15, 0.2) is 0 Å². The van der Waals surface area contributed by atoms with Crippen molar-refractivity contribution in [1.29, 1.82) is 0 Å². The summed E-state index contributed by atoms with van der Waals surface area (Å²) < 4.78 is 0. The van der Waals surface area contributed by atoms with Crippen LogP contribution in [-0.2, 0) is 6.42 Å². The zero-order valence-corrected chi connectivity index (χ0v) is 35.4. The Balaban J connectivity index is -0.000000629. The summed E-state index contributed by atoms with van der Waals surface area (Å²) in [4.78, 5) is 2.44. The van der Waals surface area contributed by atoms with Gasteiger partial charge in [0.25, 0.3) is 0 Å². The third-order valence-corrected chi connectivity index (χ3v) is 9.01. The van der Waals surface area contributed by atoms with Gasteiger partial charge in [-0.05, 0) is 106 Å². The average molecular weight is 676 g/mol. The van der Waals surface area contributed by atoms with Crippen LogP contribution in [0.2, 0.25) is 0 Å². The van der Waals surface area contributed by atoms with E-state index in [4.69, 9.17) is 0 Å². The molecule has 1 nitrogen and oxygen atoms in total. The topological polar surface area (TPSA) is 3.24 Å². The van der Waals surface area contributed by atoms with E-state index in [-0.39, 0.29) is 0 Å². The lowest BCUT2D eigenvalue weighted by molar-refractivity contribution is 0.331. The van der Waals surface area contributed by atoms with E-state index in [1.807, 2.05) is 46.0 Å². The van der Waals surface area contributed by atoms with E-state index in [1.54, 1.807) is 0 Å². The Hall–Kier alpha value is -2.54. The Morgan fingerprint density at radius 1 is 0.714 bits per heavy atom. The molecular weight excluding hydrogens is 591 g/mol. The van der Waals surface area contributed by atoms with Crippen molar-refractivity contribution in [3.63, 3.8) is 0 Å². The maximum Gasteiger partial charge on any atom is 0.0290 e. The minimum atomic E-state index is 0.659. The zero-order valence-electron chi connectivity index (χ0n) is 35.4. The molecule has 1 aliphatic rings. The zero-order chi connectivity index (χ0) is 38.0. The number of hydrogen-bond donors (Lipinski definition) is 0. The fraction of sp³-hybridized carbons (Fsp3) is 0.625. The normalized spacial score (nSPS) is 14.2. The van der Waals surface area contributed by atoms with Crippen LogP contribution in [0.25, 0.3) is 0 Å². The SMILES string of the molecule is C=CCCCCC.C=CCCc1ccc(C2CC(CCC)N(C=C)C2)cc1C.CC.CC.CCCC(C)CCC.Cc1ccc(C)c(C)c1. The van der Waals surface area contributed by atoms with Crippen LogP contribution in [0.15, 0.2) is 74.5 Å². The fourth-order valence-corrected chi connectivity index (χ4v) is 6.09. The van der Waals surface area contributed by atoms with E-state index in [9.17, 15) is 0 Å². The van der Waals surface area contributed by atoms with Crippen LogP contribution in [0.5, 0.6) is 0 Å². The average Bonchev–Trinajstić information content (AvgIpc) is 3.52. The van der Waals surface area contributed by atoms with Crippen molar-refractivity contribution in [2.24, 2.45) is 5.92 Å². The maximum absolute atomic E-state index is 3.99. The summed E-state index contributed by atoms with van der Waals surface area (Å²) in [6.45, 7) is 40.5. The van der Waals surface area contributed by atoms with Crippen LogP contribution in [-0.4, -0.2) is 17.5 Å². The van der Waals surface area contributed by atoms with Gasteiger partial charge in [-0.3, -0.25) is 0 Å². The highest BCUT2D eigenvalue weighted by Gasteiger charge is 2.30. The van der Waals surface area contributed by atoms with Gasteiger partial charge in [0, 0.05) is 18.5 Å². The molecule has 1 aliphatic heterocycles. The summed E-state index contributed by atoms with van der Waals surface area (Å²) in [7, 11) is 0. The molecule has 0 spiro atoms. The highest BCUT2D eigenvalue weighted by atomic mass is 15.2. The molecule has 0 aromatic heterocycles. The summed E-state index contributed by atoms with van der Waals surface area (Å²) >= 11 is 0. The van der Waals surface area contributed by atoms with Crippen molar-refractivity contribution in [3.8, 4) is 0 Å². The molecule has 282 valence electrons. The number of unbranched alkanes of at least 4 members (excludes halogenated alkanes) is 3. The molecule has 2 unspecified atom stereocenters. The molecule has 0 N–H and O–H groups in total. The summed E-state index contributed by atoms with van der Waals surface area (Å²) in [6, 6.07) is 14.2. The van der Waals surface area contributed by atoms with Crippen molar-refractivity contribution in [2.45, 2.75) is 185 Å². The van der Waals surface area contributed by atoms with E-state index in [0.717, 1.165) is 25.3 Å². The summed E-state index contributed by atoms with van der Waals surface area (Å²) in [5.74, 6) is 1.62. The first-order valence-corrected chi connectivity index (χ1v) is 20.3. The van der Waals surface area contributed by atoms with Gasteiger partial charge in [-0.25, -0.2) is 0 Å². The molecule has 0 saturated carbocycles. The van der Waals surface area contributed by atoms with Gasteiger partial charge in [-0.1, -0.05) is 168 Å². The van der Waals surface area contributed by atoms with Crippen LogP contribution in [0, 0.1) is 33.6 Å². The molecular formula is C48H85N. The Morgan fingerprint density at radius 2 is 1.33 bits per heavy atom. The van der Waals surface area contributed by atoms with Gasteiger partial charge in [-0.2, -0.15) is 0 Å². The van der Waals surface area contributed by atoms with Crippen molar-refractivity contribution in [2.75, 3.05) is 6.54 Å². The van der Waals surface area contributed by atoms with E-state index in [2.05, 4.69) is 123 Å². The van der Waals surface area contributed by atoms with Crippen molar-refractivity contribution >= 4 is 0 Å². The summed E-state index contributed by atoms with van der Waals surface area (Å²) in [5.41, 5.74) is 8.50. The Morgan fingerprint density at radius 3 is 1.78 bits per heavy atom. The number of nitrogens with zero attached hydrogens (tertiary/aromatic N) is 1. The number of rotatable bonds is 15. The van der Waals surface area contributed by atoms with Gasteiger partial charge in [0.1, 0.15) is 0 Å². The first kappa shape index (κ1) is 50.8. The Kier molecular flexibility index (Phi) is 36.6. The van der Waals surface area contributed by atoms with E-state index in [0.29, 0.717) is 12.0 Å². The fourth-order valence-electron chi connectivity index (χ4n) is 6.09. The van der Waals surface area contributed by atoms with Gasteiger partial charge >= 0.3 is 0 Å². The van der Waals surface area contributed by atoms with Crippen molar-refractivity contribution in [1.82, 2.24) is 4.90 Å². The van der Waals surface area contributed by atoms with E-state index < -0.39 is 0 Å². The third kappa shape index (κ3) is 25.1. The molecule has 3 rings (SSSR count). The number of aryl methyl sites for hydroxylation is 5. The number of benzene rings is 2. The predicted octanol–water partition coefficient (Wildman–Crippen LogP) is 15.9. The van der Waals surface area contributed by atoms with Crippen molar-refractivity contribution in [3.05, 3.63) is 108 Å². The van der Waals surface area contributed by atoms with E-state index >= 15 is 0 Å². The molecule has 2 atom stereocenters. The molecule has 49 heavy (non-hydrogen) atoms. The lowest BCUT2D eigenvalue weighted by atomic mass is 9.91. The second-order valence-electron chi connectivity index (χ2n) is 13.3. The second-order valence-corrected chi connectivity index (χ2v) is 13.3. The molecule has 2 aromatic rings. The molecule has 1 fully saturated rings. The van der Waals surface area contributed by atoms with Crippen LogP contribution >= 0.6 is 0 Å². The molecule has 0 bridgehead atoms. The quantitative estimate of drug-likeness (QED) is 0.134. The third-order valence-electron chi connectivity index (χ3n) is 9.01. The first-order valence-electron chi connectivity index (χ1n) is 20.3. The highest BCUT2D eigenvalue weighted by molar-refractivity contribution is 5.34.